The molecule has 1 aliphatic heterocycles. The molecule has 0 bridgehead atoms. The van der Waals surface area contributed by atoms with Crippen LogP contribution in [-0.4, -0.2) is 59.7 Å². The highest BCUT2D eigenvalue weighted by Gasteiger charge is 2.45. The van der Waals surface area contributed by atoms with Gasteiger partial charge in [0.2, 0.25) is 11.8 Å². The monoisotopic (exact) mass is 504 g/mol. The number of carbonyl (C=O) groups is 4. The lowest BCUT2D eigenvalue weighted by atomic mass is 10.0. The fourth-order valence-electron chi connectivity index (χ4n) is 3.19. The number of amides is 4. The van der Waals surface area contributed by atoms with Gasteiger partial charge in [0.25, 0.3) is 5.91 Å². The van der Waals surface area contributed by atoms with Gasteiger partial charge in [-0.15, -0.1) is 0 Å². The zero-order chi connectivity index (χ0) is 25.6. The van der Waals surface area contributed by atoms with Gasteiger partial charge in [0.05, 0.1) is 6.54 Å². The highest BCUT2D eigenvalue weighted by Crippen LogP contribution is 2.18. The summed E-state index contributed by atoms with van der Waals surface area (Å²) in [5.74, 6) is -2.49. The molecule has 12 nitrogen and oxygen atoms in total. The zero-order valence-corrected chi connectivity index (χ0v) is 19.4. The standard InChI is InChI=1S/C22H24N4O8S/c1-14(23-22(30)34-13-15-8-4-2-5-9-15)19(27)25-18(16-10-6-3-7-11-16)20(28)24-17-12-26(21(17)29)35(31,32)33/h2-11,14,17-18H,12-13H2,1H3,(H,23,30)(H,24,28)(H,25,27)(H,31,32,33)/t14-,17?,18-/m1/s1. The summed E-state index contributed by atoms with van der Waals surface area (Å²) in [5, 5.41) is 7.24. The quantitative estimate of drug-likeness (QED) is 0.279. The average molecular weight is 505 g/mol. The minimum absolute atomic E-state index is 0.00601. The van der Waals surface area contributed by atoms with Crippen LogP contribution in [0.1, 0.15) is 24.1 Å². The van der Waals surface area contributed by atoms with Crippen molar-refractivity contribution in [3.05, 3.63) is 71.8 Å². The molecular formula is C22H24N4O8S. The van der Waals surface area contributed by atoms with E-state index >= 15 is 0 Å². The first-order valence-electron chi connectivity index (χ1n) is 10.5. The Labute approximate surface area is 201 Å². The second kappa shape index (κ2) is 11.0. The Hall–Kier alpha value is -3.97. The van der Waals surface area contributed by atoms with Crippen LogP contribution < -0.4 is 16.0 Å². The Bertz CT molecular complexity index is 1190. The molecule has 1 fully saturated rings. The second-order valence-electron chi connectivity index (χ2n) is 7.69. The van der Waals surface area contributed by atoms with E-state index in [1.807, 2.05) is 6.07 Å². The molecule has 1 saturated heterocycles. The van der Waals surface area contributed by atoms with E-state index in [2.05, 4.69) is 16.0 Å². The van der Waals surface area contributed by atoms with Crippen LogP contribution in [0.3, 0.4) is 0 Å². The number of benzene rings is 2. The fraction of sp³-hybridized carbons (Fsp3) is 0.273. The average Bonchev–Trinajstić information content (AvgIpc) is 2.83. The third kappa shape index (κ3) is 6.77. The van der Waals surface area contributed by atoms with Crippen molar-refractivity contribution in [2.45, 2.75) is 31.7 Å². The minimum Gasteiger partial charge on any atom is -0.445 e. The minimum atomic E-state index is -4.71. The van der Waals surface area contributed by atoms with E-state index in [-0.39, 0.29) is 10.9 Å². The maximum Gasteiger partial charge on any atom is 0.408 e. The molecule has 0 aromatic heterocycles. The summed E-state index contributed by atoms with van der Waals surface area (Å²) in [4.78, 5) is 49.6. The van der Waals surface area contributed by atoms with E-state index in [9.17, 15) is 27.6 Å². The summed E-state index contributed by atoms with van der Waals surface area (Å²) in [6.45, 7) is 0.967. The molecule has 1 heterocycles. The first-order chi connectivity index (χ1) is 16.6. The molecule has 2 aromatic rings. The van der Waals surface area contributed by atoms with E-state index in [4.69, 9.17) is 9.29 Å². The van der Waals surface area contributed by atoms with Gasteiger partial charge in [0.15, 0.2) is 0 Å². The van der Waals surface area contributed by atoms with Crippen molar-refractivity contribution in [3.8, 4) is 0 Å². The van der Waals surface area contributed by atoms with Crippen molar-refractivity contribution in [3.63, 3.8) is 0 Å². The highest BCUT2D eigenvalue weighted by molar-refractivity contribution is 7.84. The molecule has 4 amide bonds. The Morgan fingerprint density at radius 2 is 1.63 bits per heavy atom. The molecule has 3 atom stereocenters. The number of alkyl carbamates (subject to hydrolysis) is 1. The van der Waals surface area contributed by atoms with Gasteiger partial charge < -0.3 is 20.7 Å². The molecule has 3 rings (SSSR count). The van der Waals surface area contributed by atoms with Crippen molar-refractivity contribution < 1.29 is 36.9 Å². The van der Waals surface area contributed by atoms with Crippen molar-refractivity contribution >= 4 is 34.1 Å². The van der Waals surface area contributed by atoms with E-state index in [0.29, 0.717) is 5.56 Å². The number of hydrogen-bond acceptors (Lipinski definition) is 7. The molecule has 1 unspecified atom stereocenters. The summed E-state index contributed by atoms with van der Waals surface area (Å²) in [7, 11) is -4.71. The van der Waals surface area contributed by atoms with Crippen LogP contribution in [0.4, 0.5) is 4.79 Å². The first-order valence-corrected chi connectivity index (χ1v) is 11.9. The summed E-state index contributed by atoms with van der Waals surface area (Å²) >= 11 is 0. The van der Waals surface area contributed by atoms with Gasteiger partial charge in [0, 0.05) is 0 Å². The highest BCUT2D eigenvalue weighted by atomic mass is 32.2. The summed E-state index contributed by atoms with van der Waals surface area (Å²) in [5.41, 5.74) is 1.15. The summed E-state index contributed by atoms with van der Waals surface area (Å²) in [6, 6.07) is 13.6. The van der Waals surface area contributed by atoms with E-state index in [0.717, 1.165) is 5.56 Å². The van der Waals surface area contributed by atoms with Gasteiger partial charge in [-0.1, -0.05) is 60.7 Å². The molecule has 0 spiro atoms. The Kier molecular flexibility index (Phi) is 8.04. The van der Waals surface area contributed by atoms with Crippen molar-refractivity contribution in [2.24, 2.45) is 0 Å². The van der Waals surface area contributed by atoms with Crippen LogP contribution >= 0.6 is 0 Å². The topological polar surface area (TPSA) is 171 Å². The lowest BCUT2D eigenvalue weighted by molar-refractivity contribution is -0.141. The Morgan fingerprint density at radius 3 is 2.20 bits per heavy atom. The summed E-state index contributed by atoms with van der Waals surface area (Å²) < 4.78 is 36.4. The third-order valence-corrected chi connectivity index (χ3v) is 6.00. The predicted octanol–water partition coefficient (Wildman–Crippen LogP) is 0.289. The molecular weight excluding hydrogens is 480 g/mol. The van der Waals surface area contributed by atoms with E-state index in [1.165, 1.54) is 6.92 Å². The Morgan fingerprint density at radius 1 is 1.03 bits per heavy atom. The van der Waals surface area contributed by atoms with Crippen LogP contribution in [0.5, 0.6) is 0 Å². The normalized spacial score (nSPS) is 16.9. The lowest BCUT2D eigenvalue weighted by Gasteiger charge is -2.36. The molecule has 186 valence electrons. The molecule has 0 saturated carbocycles. The van der Waals surface area contributed by atoms with Crippen LogP contribution in [0.15, 0.2) is 60.7 Å². The van der Waals surface area contributed by atoms with Gasteiger partial charge >= 0.3 is 16.4 Å². The molecule has 1 aliphatic rings. The number of hydrogen-bond donors (Lipinski definition) is 4. The van der Waals surface area contributed by atoms with Crippen molar-refractivity contribution in [1.29, 1.82) is 0 Å². The van der Waals surface area contributed by atoms with Gasteiger partial charge in [-0.25, -0.2) is 9.10 Å². The zero-order valence-electron chi connectivity index (χ0n) is 18.6. The number of rotatable bonds is 9. The maximum absolute atomic E-state index is 12.9. The number of ether oxygens (including phenoxy) is 1. The smallest absolute Gasteiger partial charge is 0.408 e. The lowest BCUT2D eigenvalue weighted by Crippen LogP contribution is -2.66. The molecule has 0 radical (unpaired) electrons. The Balaban J connectivity index is 1.60. The molecule has 4 N–H and O–H groups in total. The second-order valence-corrected chi connectivity index (χ2v) is 9.02. The molecule has 13 heteroatoms. The van der Waals surface area contributed by atoms with Gasteiger partial charge in [-0.2, -0.15) is 8.42 Å². The van der Waals surface area contributed by atoms with E-state index in [1.54, 1.807) is 54.6 Å². The maximum atomic E-state index is 12.9. The van der Waals surface area contributed by atoms with Gasteiger partial charge in [-0.05, 0) is 18.1 Å². The molecule has 0 aliphatic carbocycles. The number of nitrogens with one attached hydrogen (secondary N) is 3. The van der Waals surface area contributed by atoms with Crippen molar-refractivity contribution in [2.75, 3.05) is 6.54 Å². The number of carbonyl (C=O) groups excluding carboxylic acids is 4. The molecule has 35 heavy (non-hydrogen) atoms. The predicted molar refractivity (Wildman–Crippen MR) is 122 cm³/mol. The van der Waals surface area contributed by atoms with E-state index < -0.39 is 58.8 Å². The van der Waals surface area contributed by atoms with Crippen LogP contribution in [0.2, 0.25) is 0 Å². The molecule has 2 aromatic carbocycles. The third-order valence-electron chi connectivity index (χ3n) is 5.11. The van der Waals surface area contributed by atoms with Gasteiger partial charge in [-0.3, -0.25) is 18.9 Å². The van der Waals surface area contributed by atoms with Crippen molar-refractivity contribution in [1.82, 2.24) is 20.3 Å². The largest absolute Gasteiger partial charge is 0.445 e. The van der Waals surface area contributed by atoms with Crippen LogP contribution in [0.25, 0.3) is 0 Å². The summed E-state index contributed by atoms with van der Waals surface area (Å²) in [6.07, 6.45) is -0.831. The number of nitrogens with zero attached hydrogens (tertiary/aromatic N) is 1. The number of β-lactam (4-membered cyclic amide) rings is 1. The van der Waals surface area contributed by atoms with Crippen LogP contribution in [0, 0.1) is 0 Å². The first kappa shape index (κ1) is 25.6. The van der Waals surface area contributed by atoms with Crippen LogP contribution in [-0.2, 0) is 36.0 Å². The van der Waals surface area contributed by atoms with Gasteiger partial charge in [0.1, 0.15) is 24.7 Å². The SMILES string of the molecule is C[C@@H](NC(=O)OCc1ccccc1)C(=O)N[C@@H](C(=O)NC1CN(S(=O)(=O)O)C1=O)c1ccccc1. The fourth-order valence-corrected chi connectivity index (χ4v) is 3.88.